The Balaban J connectivity index is 2.25. The Morgan fingerprint density at radius 3 is 2.38 bits per heavy atom. The SMILES string of the molecule is CNC(Cc1ccc(OC)c(OC)c1)c1ccccc1F. The zero-order valence-electron chi connectivity index (χ0n) is 12.5. The second-order valence-corrected chi connectivity index (χ2v) is 4.76. The van der Waals surface area contributed by atoms with E-state index in [0.717, 1.165) is 5.56 Å². The number of hydrogen-bond acceptors (Lipinski definition) is 3. The van der Waals surface area contributed by atoms with Crippen molar-refractivity contribution in [1.29, 1.82) is 0 Å². The molecule has 2 aromatic carbocycles. The second kappa shape index (κ2) is 7.09. The van der Waals surface area contributed by atoms with Crippen LogP contribution in [0.2, 0.25) is 0 Å². The molecule has 112 valence electrons. The molecule has 0 saturated heterocycles. The molecule has 0 radical (unpaired) electrons. The molecular formula is C17H20FNO2. The van der Waals surface area contributed by atoms with Crippen LogP contribution < -0.4 is 14.8 Å². The highest BCUT2D eigenvalue weighted by Crippen LogP contribution is 2.29. The van der Waals surface area contributed by atoms with E-state index in [1.165, 1.54) is 6.07 Å². The Morgan fingerprint density at radius 1 is 1.05 bits per heavy atom. The standard InChI is InChI=1S/C17H20FNO2/c1-19-15(13-6-4-5-7-14(13)18)10-12-8-9-16(20-2)17(11-12)21-3/h4-9,11,15,19H,10H2,1-3H3. The third kappa shape index (κ3) is 3.52. The quantitative estimate of drug-likeness (QED) is 0.884. The van der Waals surface area contributed by atoms with E-state index in [4.69, 9.17) is 9.47 Å². The summed E-state index contributed by atoms with van der Waals surface area (Å²) in [6.45, 7) is 0. The molecule has 0 bridgehead atoms. The first kappa shape index (κ1) is 15.3. The molecule has 1 atom stereocenters. The van der Waals surface area contributed by atoms with E-state index >= 15 is 0 Å². The average Bonchev–Trinajstić information content (AvgIpc) is 2.53. The number of methoxy groups -OCH3 is 2. The van der Waals surface area contributed by atoms with E-state index in [1.54, 1.807) is 26.4 Å². The van der Waals surface area contributed by atoms with Crippen LogP contribution >= 0.6 is 0 Å². The number of benzene rings is 2. The molecule has 0 heterocycles. The van der Waals surface area contributed by atoms with Crippen molar-refractivity contribution in [3.05, 3.63) is 59.4 Å². The Morgan fingerprint density at radius 2 is 1.76 bits per heavy atom. The number of likely N-dealkylation sites (N-methyl/N-ethyl adjacent to an activating group) is 1. The molecule has 1 unspecified atom stereocenters. The van der Waals surface area contributed by atoms with E-state index in [0.29, 0.717) is 23.5 Å². The summed E-state index contributed by atoms with van der Waals surface area (Å²) in [4.78, 5) is 0. The fourth-order valence-corrected chi connectivity index (χ4v) is 2.37. The summed E-state index contributed by atoms with van der Waals surface area (Å²) in [7, 11) is 5.04. The molecule has 4 heteroatoms. The van der Waals surface area contributed by atoms with Gasteiger partial charge in [-0.15, -0.1) is 0 Å². The van der Waals surface area contributed by atoms with Gasteiger partial charge in [-0.25, -0.2) is 4.39 Å². The summed E-state index contributed by atoms with van der Waals surface area (Å²) in [6.07, 6.45) is 0.664. The van der Waals surface area contributed by atoms with Gasteiger partial charge in [0.15, 0.2) is 11.5 Å². The van der Waals surface area contributed by atoms with Gasteiger partial charge in [-0.05, 0) is 37.2 Å². The van der Waals surface area contributed by atoms with Crippen molar-refractivity contribution in [2.45, 2.75) is 12.5 Å². The van der Waals surface area contributed by atoms with Gasteiger partial charge in [0.25, 0.3) is 0 Å². The normalized spacial score (nSPS) is 12.0. The molecule has 0 spiro atoms. The number of halogens is 1. The third-order valence-electron chi connectivity index (χ3n) is 3.52. The van der Waals surface area contributed by atoms with Crippen molar-refractivity contribution in [1.82, 2.24) is 5.32 Å². The zero-order valence-corrected chi connectivity index (χ0v) is 12.5. The van der Waals surface area contributed by atoms with Crippen molar-refractivity contribution in [3.8, 4) is 11.5 Å². The van der Waals surface area contributed by atoms with Crippen LogP contribution in [0, 0.1) is 5.82 Å². The maximum Gasteiger partial charge on any atom is 0.160 e. The molecule has 0 amide bonds. The number of nitrogens with one attached hydrogen (secondary N) is 1. The van der Waals surface area contributed by atoms with E-state index in [2.05, 4.69) is 5.32 Å². The van der Waals surface area contributed by atoms with Gasteiger partial charge in [-0.2, -0.15) is 0 Å². The predicted octanol–water partition coefficient (Wildman–Crippen LogP) is 3.35. The molecule has 0 aliphatic carbocycles. The molecule has 0 aliphatic rings. The molecule has 2 aromatic rings. The van der Waals surface area contributed by atoms with Gasteiger partial charge in [0.2, 0.25) is 0 Å². The van der Waals surface area contributed by atoms with Gasteiger partial charge < -0.3 is 14.8 Å². The molecule has 3 nitrogen and oxygen atoms in total. The first-order chi connectivity index (χ1) is 10.2. The summed E-state index contributed by atoms with van der Waals surface area (Å²) >= 11 is 0. The van der Waals surface area contributed by atoms with Crippen molar-refractivity contribution >= 4 is 0 Å². The minimum absolute atomic E-state index is 0.0932. The minimum Gasteiger partial charge on any atom is -0.493 e. The van der Waals surface area contributed by atoms with Gasteiger partial charge in [-0.3, -0.25) is 0 Å². The van der Waals surface area contributed by atoms with Crippen LogP contribution in [0.4, 0.5) is 4.39 Å². The summed E-state index contributed by atoms with van der Waals surface area (Å²) in [6, 6.07) is 12.5. The van der Waals surface area contributed by atoms with Crippen LogP contribution in [0.5, 0.6) is 11.5 Å². The first-order valence-electron chi connectivity index (χ1n) is 6.82. The average molecular weight is 289 g/mol. The first-order valence-corrected chi connectivity index (χ1v) is 6.82. The van der Waals surface area contributed by atoms with E-state index < -0.39 is 0 Å². The number of hydrogen-bond donors (Lipinski definition) is 1. The maximum absolute atomic E-state index is 13.9. The van der Waals surface area contributed by atoms with Crippen molar-refractivity contribution in [3.63, 3.8) is 0 Å². The number of ether oxygens (including phenoxy) is 2. The molecule has 2 rings (SSSR count). The van der Waals surface area contributed by atoms with E-state index in [1.807, 2.05) is 31.3 Å². The van der Waals surface area contributed by atoms with Gasteiger partial charge in [-0.1, -0.05) is 24.3 Å². The van der Waals surface area contributed by atoms with Crippen LogP contribution in [0.25, 0.3) is 0 Å². The molecular weight excluding hydrogens is 269 g/mol. The maximum atomic E-state index is 13.9. The fourth-order valence-electron chi connectivity index (χ4n) is 2.37. The van der Waals surface area contributed by atoms with E-state index in [-0.39, 0.29) is 11.9 Å². The predicted molar refractivity (Wildman–Crippen MR) is 81.5 cm³/mol. The Bertz CT molecular complexity index is 601. The lowest BCUT2D eigenvalue weighted by molar-refractivity contribution is 0.354. The Kier molecular flexibility index (Phi) is 5.17. The van der Waals surface area contributed by atoms with Crippen molar-refractivity contribution in [2.75, 3.05) is 21.3 Å². The molecule has 0 fully saturated rings. The van der Waals surface area contributed by atoms with Crippen LogP contribution in [0.15, 0.2) is 42.5 Å². The minimum atomic E-state index is -0.197. The smallest absolute Gasteiger partial charge is 0.160 e. The topological polar surface area (TPSA) is 30.5 Å². The van der Waals surface area contributed by atoms with Crippen LogP contribution in [-0.4, -0.2) is 21.3 Å². The Labute approximate surface area is 124 Å². The summed E-state index contributed by atoms with van der Waals surface area (Å²) < 4.78 is 24.4. The monoisotopic (exact) mass is 289 g/mol. The highest BCUT2D eigenvalue weighted by molar-refractivity contribution is 5.43. The second-order valence-electron chi connectivity index (χ2n) is 4.76. The molecule has 1 N–H and O–H groups in total. The Hall–Kier alpha value is -2.07. The zero-order chi connectivity index (χ0) is 15.2. The van der Waals surface area contributed by atoms with E-state index in [9.17, 15) is 4.39 Å². The van der Waals surface area contributed by atoms with Gasteiger partial charge >= 0.3 is 0 Å². The van der Waals surface area contributed by atoms with Crippen molar-refractivity contribution < 1.29 is 13.9 Å². The lowest BCUT2D eigenvalue weighted by Crippen LogP contribution is -2.20. The summed E-state index contributed by atoms with van der Waals surface area (Å²) in [5, 5.41) is 3.16. The summed E-state index contributed by atoms with van der Waals surface area (Å²) in [5.74, 6) is 1.17. The highest BCUT2D eigenvalue weighted by Gasteiger charge is 2.15. The lowest BCUT2D eigenvalue weighted by Gasteiger charge is -2.18. The van der Waals surface area contributed by atoms with Gasteiger partial charge in [0.05, 0.1) is 14.2 Å². The van der Waals surface area contributed by atoms with Crippen LogP contribution in [0.3, 0.4) is 0 Å². The molecule has 0 saturated carbocycles. The van der Waals surface area contributed by atoms with Crippen LogP contribution in [0.1, 0.15) is 17.2 Å². The van der Waals surface area contributed by atoms with Gasteiger partial charge in [0.1, 0.15) is 5.82 Å². The molecule has 21 heavy (non-hydrogen) atoms. The fraction of sp³-hybridized carbons (Fsp3) is 0.294. The number of rotatable bonds is 6. The largest absolute Gasteiger partial charge is 0.493 e. The highest BCUT2D eigenvalue weighted by atomic mass is 19.1. The molecule has 0 aliphatic heterocycles. The van der Waals surface area contributed by atoms with Crippen LogP contribution in [-0.2, 0) is 6.42 Å². The lowest BCUT2D eigenvalue weighted by atomic mass is 9.98. The third-order valence-corrected chi connectivity index (χ3v) is 3.52. The summed E-state index contributed by atoms with van der Waals surface area (Å²) in [5.41, 5.74) is 1.71. The van der Waals surface area contributed by atoms with Gasteiger partial charge in [0, 0.05) is 11.6 Å². The molecule has 0 aromatic heterocycles. The van der Waals surface area contributed by atoms with Crippen molar-refractivity contribution in [2.24, 2.45) is 0 Å².